The number of hydrogen-bond acceptors (Lipinski definition) is 4. The van der Waals surface area contributed by atoms with Crippen molar-refractivity contribution < 1.29 is 19.1 Å². The van der Waals surface area contributed by atoms with E-state index >= 15 is 0 Å². The van der Waals surface area contributed by atoms with Gasteiger partial charge in [0.05, 0.1) is 0 Å². The van der Waals surface area contributed by atoms with Crippen molar-refractivity contribution in [2.24, 2.45) is 0 Å². The molecule has 2 rings (SSSR count). The molecular weight excluding hydrogens is 310 g/mol. The van der Waals surface area contributed by atoms with Crippen LogP contribution in [0.5, 0.6) is 11.5 Å². The Morgan fingerprint density at radius 3 is 2.46 bits per heavy atom. The molecule has 0 unspecified atom stereocenters. The molecule has 0 bridgehead atoms. The minimum atomic E-state index is -0.716. The minimum absolute atomic E-state index is 0.0713. The van der Waals surface area contributed by atoms with Gasteiger partial charge in [0.1, 0.15) is 6.04 Å². The molecule has 1 aromatic rings. The van der Waals surface area contributed by atoms with Crippen molar-refractivity contribution in [3.8, 4) is 11.5 Å². The number of nitrogens with one attached hydrogen (secondary N) is 3. The van der Waals surface area contributed by atoms with Gasteiger partial charge in [0.15, 0.2) is 11.5 Å². The largest absolute Gasteiger partial charge is 0.449 e. The molecular formula is C17H25N3O4. The molecule has 1 aromatic carbocycles. The molecule has 1 aliphatic rings. The SMILES string of the molecule is CC[C@H](C)NC(=O)[C@H](C)NC(=O)Nc1ccc2c(c1)OC(C)(C)O2. The van der Waals surface area contributed by atoms with Crippen molar-refractivity contribution >= 4 is 17.6 Å². The average molecular weight is 335 g/mol. The topological polar surface area (TPSA) is 88.7 Å². The summed E-state index contributed by atoms with van der Waals surface area (Å²) in [6.45, 7) is 9.16. The van der Waals surface area contributed by atoms with Crippen LogP contribution in [0.4, 0.5) is 10.5 Å². The summed E-state index contributed by atoms with van der Waals surface area (Å²) in [6, 6.07) is 4.12. The molecule has 0 radical (unpaired) electrons. The number of anilines is 1. The van der Waals surface area contributed by atoms with E-state index in [1.165, 1.54) is 0 Å². The highest BCUT2D eigenvalue weighted by Crippen LogP contribution is 2.40. The van der Waals surface area contributed by atoms with Crippen molar-refractivity contribution in [3.63, 3.8) is 0 Å². The number of ether oxygens (including phenoxy) is 2. The van der Waals surface area contributed by atoms with E-state index in [1.54, 1.807) is 25.1 Å². The van der Waals surface area contributed by atoms with Gasteiger partial charge in [0.25, 0.3) is 0 Å². The van der Waals surface area contributed by atoms with Crippen LogP contribution in [0.15, 0.2) is 18.2 Å². The summed E-state index contributed by atoms with van der Waals surface area (Å²) in [7, 11) is 0. The molecule has 0 aliphatic carbocycles. The third-order valence-corrected chi connectivity index (χ3v) is 3.65. The second-order valence-electron chi connectivity index (χ2n) is 6.40. The lowest BCUT2D eigenvalue weighted by Crippen LogP contribution is -2.48. The highest BCUT2D eigenvalue weighted by Gasteiger charge is 2.31. The molecule has 3 amide bonds. The van der Waals surface area contributed by atoms with E-state index in [0.29, 0.717) is 17.2 Å². The second-order valence-corrected chi connectivity index (χ2v) is 6.40. The number of rotatable bonds is 5. The van der Waals surface area contributed by atoms with Gasteiger partial charge in [-0.25, -0.2) is 4.79 Å². The summed E-state index contributed by atoms with van der Waals surface area (Å²) < 4.78 is 11.2. The maximum atomic E-state index is 12.0. The highest BCUT2D eigenvalue weighted by molar-refractivity contribution is 5.93. The molecule has 3 N–H and O–H groups in total. The van der Waals surface area contributed by atoms with Gasteiger partial charge in [-0.1, -0.05) is 6.92 Å². The van der Waals surface area contributed by atoms with Crippen LogP contribution in [0.2, 0.25) is 0 Å². The molecule has 0 saturated heterocycles. The lowest BCUT2D eigenvalue weighted by atomic mass is 10.2. The molecule has 132 valence electrons. The standard InChI is InChI=1S/C17H25N3O4/c1-6-10(2)18-15(21)11(3)19-16(22)20-12-7-8-13-14(9-12)24-17(4,5)23-13/h7-11H,6H2,1-5H3,(H,18,21)(H2,19,20,22)/t10-,11-/m0/s1. The van der Waals surface area contributed by atoms with Crippen molar-refractivity contribution in [2.75, 3.05) is 5.32 Å². The van der Waals surface area contributed by atoms with Gasteiger partial charge in [-0.15, -0.1) is 0 Å². The molecule has 7 heteroatoms. The quantitative estimate of drug-likeness (QED) is 0.772. The second kappa shape index (κ2) is 6.98. The molecule has 7 nitrogen and oxygen atoms in total. The van der Waals surface area contributed by atoms with Crippen LogP contribution in [0, 0.1) is 0 Å². The number of benzene rings is 1. The van der Waals surface area contributed by atoms with Crippen LogP contribution in [0.1, 0.15) is 41.0 Å². The van der Waals surface area contributed by atoms with Gasteiger partial charge < -0.3 is 25.4 Å². The zero-order valence-corrected chi connectivity index (χ0v) is 14.7. The van der Waals surface area contributed by atoms with Crippen molar-refractivity contribution in [3.05, 3.63) is 18.2 Å². The Hall–Kier alpha value is -2.44. The summed E-state index contributed by atoms with van der Waals surface area (Å²) in [5.74, 6) is 0.269. The van der Waals surface area contributed by atoms with E-state index in [9.17, 15) is 9.59 Å². The van der Waals surface area contributed by atoms with Crippen LogP contribution in [0.25, 0.3) is 0 Å². The Morgan fingerprint density at radius 2 is 1.79 bits per heavy atom. The fourth-order valence-electron chi connectivity index (χ4n) is 2.20. The molecule has 2 atom stereocenters. The van der Waals surface area contributed by atoms with E-state index in [-0.39, 0.29) is 11.9 Å². The third-order valence-electron chi connectivity index (χ3n) is 3.65. The molecule has 1 aliphatic heterocycles. The van der Waals surface area contributed by atoms with Crippen molar-refractivity contribution in [1.29, 1.82) is 0 Å². The first-order valence-corrected chi connectivity index (χ1v) is 8.10. The summed E-state index contributed by atoms with van der Waals surface area (Å²) in [4.78, 5) is 24.0. The van der Waals surface area contributed by atoms with E-state index < -0.39 is 17.9 Å². The Balaban J connectivity index is 1.90. The molecule has 24 heavy (non-hydrogen) atoms. The predicted octanol–water partition coefficient (Wildman–Crippen LogP) is 2.62. The van der Waals surface area contributed by atoms with E-state index in [0.717, 1.165) is 6.42 Å². The van der Waals surface area contributed by atoms with Crippen LogP contribution in [-0.2, 0) is 4.79 Å². The van der Waals surface area contributed by atoms with Crippen LogP contribution in [-0.4, -0.2) is 29.8 Å². The predicted molar refractivity (Wildman–Crippen MR) is 91.3 cm³/mol. The van der Waals surface area contributed by atoms with Gasteiger partial charge in [-0.3, -0.25) is 4.79 Å². The fourth-order valence-corrected chi connectivity index (χ4v) is 2.20. The van der Waals surface area contributed by atoms with Crippen LogP contribution < -0.4 is 25.4 Å². The Labute approximate surface area is 142 Å². The Bertz CT molecular complexity index is 630. The van der Waals surface area contributed by atoms with Gasteiger partial charge in [-0.05, 0) is 32.4 Å². The maximum absolute atomic E-state index is 12.0. The van der Waals surface area contributed by atoms with Gasteiger partial charge in [-0.2, -0.15) is 0 Å². The van der Waals surface area contributed by atoms with Gasteiger partial charge >= 0.3 is 6.03 Å². The number of hydrogen-bond donors (Lipinski definition) is 3. The lowest BCUT2D eigenvalue weighted by molar-refractivity contribution is -0.123. The van der Waals surface area contributed by atoms with E-state index in [2.05, 4.69) is 16.0 Å². The Kier molecular flexibility index (Phi) is 5.21. The lowest BCUT2D eigenvalue weighted by Gasteiger charge is -2.17. The van der Waals surface area contributed by atoms with E-state index in [4.69, 9.17) is 9.47 Å². The Morgan fingerprint density at radius 1 is 1.12 bits per heavy atom. The van der Waals surface area contributed by atoms with Gasteiger partial charge in [0, 0.05) is 31.6 Å². The van der Waals surface area contributed by atoms with E-state index in [1.807, 2.05) is 27.7 Å². The smallest absolute Gasteiger partial charge is 0.319 e. The first-order chi connectivity index (χ1) is 11.2. The number of carbonyl (C=O) groups is 2. The third kappa shape index (κ3) is 4.53. The zero-order valence-electron chi connectivity index (χ0n) is 14.7. The number of urea groups is 1. The molecule has 1 heterocycles. The highest BCUT2D eigenvalue weighted by atomic mass is 16.7. The normalized spacial score (nSPS) is 16.9. The molecule has 0 spiro atoms. The monoisotopic (exact) mass is 335 g/mol. The zero-order chi connectivity index (χ0) is 17.9. The number of amides is 3. The first-order valence-electron chi connectivity index (χ1n) is 8.10. The van der Waals surface area contributed by atoms with Crippen molar-refractivity contribution in [1.82, 2.24) is 10.6 Å². The number of carbonyl (C=O) groups excluding carboxylic acids is 2. The fraction of sp³-hybridized carbons (Fsp3) is 0.529. The summed E-state index contributed by atoms with van der Waals surface area (Å²) in [5, 5.41) is 8.12. The average Bonchev–Trinajstić information content (AvgIpc) is 2.79. The summed E-state index contributed by atoms with van der Waals surface area (Å²) in [6.07, 6.45) is 0.832. The number of fused-ring (bicyclic) bond motifs is 1. The van der Waals surface area contributed by atoms with Crippen LogP contribution >= 0.6 is 0 Å². The van der Waals surface area contributed by atoms with Crippen LogP contribution in [0.3, 0.4) is 0 Å². The van der Waals surface area contributed by atoms with Crippen molar-refractivity contribution in [2.45, 2.75) is 58.9 Å². The first kappa shape index (κ1) is 17.9. The van der Waals surface area contributed by atoms with Gasteiger partial charge in [0.2, 0.25) is 11.7 Å². The maximum Gasteiger partial charge on any atom is 0.319 e. The summed E-state index contributed by atoms with van der Waals surface area (Å²) >= 11 is 0. The molecule has 0 fully saturated rings. The summed E-state index contributed by atoms with van der Waals surface area (Å²) in [5.41, 5.74) is 0.557. The molecule has 0 saturated carbocycles. The minimum Gasteiger partial charge on any atom is -0.449 e. The molecule has 0 aromatic heterocycles.